The van der Waals surface area contributed by atoms with Crippen LogP contribution in [0.3, 0.4) is 0 Å². The van der Waals surface area contributed by atoms with E-state index in [2.05, 4.69) is 10.2 Å². The normalized spacial score (nSPS) is 19.8. The Morgan fingerprint density at radius 1 is 1.20 bits per heavy atom. The van der Waals surface area contributed by atoms with Crippen molar-refractivity contribution < 1.29 is 9.53 Å². The van der Waals surface area contributed by atoms with Crippen LogP contribution in [0, 0.1) is 0 Å². The Labute approximate surface area is 119 Å². The zero-order valence-corrected chi connectivity index (χ0v) is 11.8. The van der Waals surface area contributed by atoms with Crippen molar-refractivity contribution in [2.45, 2.75) is 18.9 Å². The van der Waals surface area contributed by atoms with Crippen molar-refractivity contribution in [3.05, 3.63) is 24.3 Å². The molecule has 0 aromatic heterocycles. The first kappa shape index (κ1) is 13.2. The van der Waals surface area contributed by atoms with E-state index >= 15 is 0 Å². The van der Waals surface area contributed by atoms with E-state index in [0.717, 1.165) is 24.5 Å². The van der Waals surface area contributed by atoms with Gasteiger partial charge < -0.3 is 15.0 Å². The fourth-order valence-corrected chi connectivity index (χ4v) is 2.84. The highest BCUT2D eigenvalue weighted by atomic mass is 16.5. The first-order valence-corrected chi connectivity index (χ1v) is 7.20. The van der Waals surface area contributed by atoms with Gasteiger partial charge in [-0.25, -0.2) is 4.79 Å². The molecule has 108 valence electrons. The molecule has 1 N–H and O–H groups in total. The molecule has 2 fully saturated rings. The zero-order valence-electron chi connectivity index (χ0n) is 11.8. The van der Waals surface area contributed by atoms with Gasteiger partial charge in [0.05, 0.1) is 7.11 Å². The molecule has 1 aromatic rings. The van der Waals surface area contributed by atoms with Crippen LogP contribution < -0.4 is 10.1 Å². The highest BCUT2D eigenvalue weighted by Crippen LogP contribution is 2.21. The molecule has 2 aliphatic heterocycles. The number of ether oxygens (including phenoxy) is 1. The molecule has 3 rings (SSSR count). The number of amides is 2. The molecule has 2 amide bonds. The standard InChI is InChI=1S/C15H21N3O2/c1-20-14-6-4-12(5-7-14)16-15(19)18-10-13(11-18)17-8-2-3-9-17/h4-7,13H,2-3,8-11H2,1H3,(H,16,19). The van der Waals surface area contributed by atoms with Crippen molar-refractivity contribution in [2.24, 2.45) is 0 Å². The third-order valence-electron chi connectivity index (χ3n) is 4.15. The van der Waals surface area contributed by atoms with Gasteiger partial charge in [0.25, 0.3) is 0 Å². The van der Waals surface area contributed by atoms with Gasteiger partial charge in [-0.1, -0.05) is 0 Å². The predicted molar refractivity (Wildman–Crippen MR) is 78.2 cm³/mol. The van der Waals surface area contributed by atoms with E-state index in [1.807, 2.05) is 29.2 Å². The second-order valence-corrected chi connectivity index (χ2v) is 5.46. The predicted octanol–water partition coefficient (Wildman–Crippen LogP) is 2.01. The number of nitrogens with zero attached hydrogens (tertiary/aromatic N) is 2. The number of urea groups is 1. The third-order valence-corrected chi connectivity index (χ3v) is 4.15. The Kier molecular flexibility index (Phi) is 3.78. The number of rotatable bonds is 3. The van der Waals surface area contributed by atoms with Crippen LogP contribution in [0.5, 0.6) is 5.75 Å². The van der Waals surface area contributed by atoms with E-state index in [1.54, 1.807) is 7.11 Å². The van der Waals surface area contributed by atoms with Crippen LogP contribution >= 0.6 is 0 Å². The molecule has 0 saturated carbocycles. The number of hydrogen-bond donors (Lipinski definition) is 1. The van der Waals surface area contributed by atoms with Crippen LogP contribution in [-0.2, 0) is 0 Å². The van der Waals surface area contributed by atoms with Gasteiger partial charge in [0.2, 0.25) is 0 Å². The zero-order chi connectivity index (χ0) is 13.9. The first-order valence-electron chi connectivity index (χ1n) is 7.20. The van der Waals surface area contributed by atoms with Crippen molar-refractivity contribution in [2.75, 3.05) is 38.6 Å². The molecule has 0 bridgehead atoms. The van der Waals surface area contributed by atoms with E-state index in [4.69, 9.17) is 4.74 Å². The molecule has 20 heavy (non-hydrogen) atoms. The molecule has 0 unspecified atom stereocenters. The van der Waals surface area contributed by atoms with Gasteiger partial charge in [-0.15, -0.1) is 0 Å². The topological polar surface area (TPSA) is 44.8 Å². The molecule has 0 spiro atoms. The van der Waals surface area contributed by atoms with Crippen molar-refractivity contribution in [3.63, 3.8) is 0 Å². The maximum absolute atomic E-state index is 12.1. The van der Waals surface area contributed by atoms with E-state index in [9.17, 15) is 4.79 Å². The molecule has 5 heteroatoms. The van der Waals surface area contributed by atoms with E-state index in [0.29, 0.717) is 6.04 Å². The summed E-state index contributed by atoms with van der Waals surface area (Å²) >= 11 is 0. The Morgan fingerprint density at radius 3 is 2.45 bits per heavy atom. The number of benzene rings is 1. The van der Waals surface area contributed by atoms with Gasteiger partial charge in [0, 0.05) is 24.8 Å². The Morgan fingerprint density at radius 2 is 1.85 bits per heavy atom. The summed E-state index contributed by atoms with van der Waals surface area (Å²) in [6.07, 6.45) is 2.60. The smallest absolute Gasteiger partial charge is 0.321 e. The van der Waals surface area contributed by atoms with Crippen LogP contribution in [0.2, 0.25) is 0 Å². The van der Waals surface area contributed by atoms with Crippen molar-refractivity contribution in [3.8, 4) is 5.75 Å². The van der Waals surface area contributed by atoms with Gasteiger partial charge >= 0.3 is 6.03 Å². The highest BCUT2D eigenvalue weighted by molar-refractivity contribution is 5.90. The van der Waals surface area contributed by atoms with Gasteiger partial charge in [-0.2, -0.15) is 0 Å². The van der Waals surface area contributed by atoms with Crippen LogP contribution in [0.15, 0.2) is 24.3 Å². The molecule has 0 aliphatic carbocycles. The van der Waals surface area contributed by atoms with Crippen molar-refractivity contribution >= 4 is 11.7 Å². The quantitative estimate of drug-likeness (QED) is 0.917. The number of nitrogens with one attached hydrogen (secondary N) is 1. The van der Waals surface area contributed by atoms with Crippen LogP contribution in [-0.4, -0.2) is 55.2 Å². The monoisotopic (exact) mass is 275 g/mol. The number of anilines is 1. The summed E-state index contributed by atoms with van der Waals surface area (Å²) in [5.74, 6) is 0.793. The number of carbonyl (C=O) groups is 1. The van der Waals surface area contributed by atoms with Crippen LogP contribution in [0.25, 0.3) is 0 Å². The van der Waals surface area contributed by atoms with Crippen LogP contribution in [0.1, 0.15) is 12.8 Å². The SMILES string of the molecule is COc1ccc(NC(=O)N2CC(N3CCCC3)C2)cc1. The van der Waals surface area contributed by atoms with Crippen LogP contribution in [0.4, 0.5) is 10.5 Å². The molecule has 2 saturated heterocycles. The summed E-state index contributed by atoms with van der Waals surface area (Å²) in [7, 11) is 1.63. The average Bonchev–Trinajstić information content (AvgIpc) is 2.91. The van der Waals surface area contributed by atoms with E-state index < -0.39 is 0 Å². The van der Waals surface area contributed by atoms with E-state index in [-0.39, 0.29) is 6.03 Å². The molecule has 5 nitrogen and oxygen atoms in total. The fraction of sp³-hybridized carbons (Fsp3) is 0.533. The second kappa shape index (κ2) is 5.71. The maximum atomic E-state index is 12.1. The minimum atomic E-state index is -0.00869. The van der Waals surface area contributed by atoms with Gasteiger partial charge in [0.15, 0.2) is 0 Å². The first-order chi connectivity index (χ1) is 9.76. The van der Waals surface area contributed by atoms with Gasteiger partial charge in [-0.05, 0) is 50.2 Å². The summed E-state index contributed by atoms with van der Waals surface area (Å²) < 4.78 is 5.10. The summed E-state index contributed by atoms with van der Waals surface area (Å²) in [5.41, 5.74) is 0.806. The molecule has 2 heterocycles. The minimum absolute atomic E-state index is 0.00869. The summed E-state index contributed by atoms with van der Waals surface area (Å²) in [6, 6.07) is 7.96. The minimum Gasteiger partial charge on any atom is -0.497 e. The lowest BCUT2D eigenvalue weighted by molar-refractivity contribution is 0.0776. The summed E-state index contributed by atoms with van der Waals surface area (Å²) in [4.78, 5) is 16.4. The Balaban J connectivity index is 1.48. The Hall–Kier alpha value is -1.75. The highest BCUT2D eigenvalue weighted by Gasteiger charge is 2.35. The molecule has 2 aliphatic rings. The van der Waals surface area contributed by atoms with Gasteiger partial charge in [0.1, 0.15) is 5.75 Å². The molecular formula is C15H21N3O2. The number of likely N-dealkylation sites (tertiary alicyclic amines) is 2. The fourth-order valence-electron chi connectivity index (χ4n) is 2.84. The lowest BCUT2D eigenvalue weighted by Gasteiger charge is -2.43. The lowest BCUT2D eigenvalue weighted by atomic mass is 10.1. The number of carbonyl (C=O) groups excluding carboxylic acids is 1. The van der Waals surface area contributed by atoms with Gasteiger partial charge in [-0.3, -0.25) is 4.90 Å². The Bertz CT molecular complexity index is 463. The summed E-state index contributed by atoms with van der Waals surface area (Å²) in [5, 5.41) is 2.92. The largest absolute Gasteiger partial charge is 0.497 e. The van der Waals surface area contributed by atoms with E-state index in [1.165, 1.54) is 25.9 Å². The number of methoxy groups -OCH3 is 1. The molecular weight excluding hydrogens is 254 g/mol. The third kappa shape index (κ3) is 2.72. The molecule has 0 atom stereocenters. The van der Waals surface area contributed by atoms with Crippen molar-refractivity contribution in [1.82, 2.24) is 9.80 Å². The average molecular weight is 275 g/mol. The van der Waals surface area contributed by atoms with Crippen molar-refractivity contribution in [1.29, 1.82) is 0 Å². The second-order valence-electron chi connectivity index (χ2n) is 5.46. The maximum Gasteiger partial charge on any atom is 0.321 e. The lowest BCUT2D eigenvalue weighted by Crippen LogP contribution is -2.61. The number of hydrogen-bond acceptors (Lipinski definition) is 3. The molecule has 1 aromatic carbocycles. The molecule has 0 radical (unpaired) electrons. The summed E-state index contributed by atoms with van der Waals surface area (Å²) in [6.45, 7) is 4.08.